The number of hydrogen-bond acceptors (Lipinski definition) is 2. The third kappa shape index (κ3) is 2.20. The van der Waals surface area contributed by atoms with Crippen LogP contribution in [0.25, 0.3) is 11.3 Å². The molecule has 0 fully saturated rings. The van der Waals surface area contributed by atoms with Crippen LogP contribution in [0, 0.1) is 0 Å². The van der Waals surface area contributed by atoms with Gasteiger partial charge >= 0.3 is 0 Å². The van der Waals surface area contributed by atoms with E-state index >= 15 is 0 Å². The fourth-order valence-corrected chi connectivity index (χ4v) is 2.63. The Kier molecular flexibility index (Phi) is 2.90. The molecule has 2 rings (SSSR count). The average Bonchev–Trinajstić information content (AvgIpc) is 2.66. The van der Waals surface area contributed by atoms with Crippen molar-refractivity contribution in [3.8, 4) is 11.3 Å². The van der Waals surface area contributed by atoms with Gasteiger partial charge in [-0.25, -0.2) is 8.42 Å². The number of rotatable bonds is 2. The molecule has 84 valence electrons. The van der Waals surface area contributed by atoms with Gasteiger partial charge in [0.25, 0.3) is 0 Å². The normalized spacial score (nSPS) is 11.6. The minimum Gasteiger partial charge on any atom is -0.360 e. The summed E-state index contributed by atoms with van der Waals surface area (Å²) in [4.78, 5) is 3.28. The van der Waals surface area contributed by atoms with E-state index in [1.54, 1.807) is 12.3 Å². The maximum Gasteiger partial charge on any atom is 0.177 e. The van der Waals surface area contributed by atoms with Gasteiger partial charge in [-0.2, -0.15) is 0 Å². The lowest BCUT2D eigenvalue weighted by molar-refractivity contribution is 0.602. The largest absolute Gasteiger partial charge is 0.360 e. The number of nitrogens with one attached hydrogen (secondary N) is 1. The van der Waals surface area contributed by atoms with Crippen LogP contribution in [0.1, 0.15) is 0 Å². The van der Waals surface area contributed by atoms with Gasteiger partial charge in [0.1, 0.15) is 0 Å². The molecule has 0 aliphatic carbocycles. The number of H-pyrrole nitrogens is 1. The molecule has 1 heterocycles. The maximum absolute atomic E-state index is 11.5. The zero-order valence-electron chi connectivity index (χ0n) is 8.57. The van der Waals surface area contributed by atoms with E-state index in [-0.39, 0.29) is 0 Å². The number of halogens is 1. The molecule has 0 saturated heterocycles. The molecule has 0 aliphatic heterocycles. The molecular formula is C11H10BrNO2S. The molecule has 1 aromatic carbocycles. The number of aromatic nitrogens is 1. The van der Waals surface area contributed by atoms with Crippen LogP contribution in [-0.2, 0) is 9.84 Å². The van der Waals surface area contributed by atoms with Crippen LogP contribution >= 0.6 is 15.9 Å². The lowest BCUT2D eigenvalue weighted by Crippen LogP contribution is -1.97. The molecule has 3 nitrogen and oxygen atoms in total. The van der Waals surface area contributed by atoms with Crippen molar-refractivity contribution in [2.75, 3.05) is 6.26 Å². The monoisotopic (exact) mass is 299 g/mol. The van der Waals surface area contributed by atoms with E-state index in [9.17, 15) is 8.42 Å². The van der Waals surface area contributed by atoms with Gasteiger partial charge in [0.2, 0.25) is 0 Å². The summed E-state index contributed by atoms with van der Waals surface area (Å²) in [5.74, 6) is 0. The van der Waals surface area contributed by atoms with Gasteiger partial charge in [-0.05, 0) is 23.8 Å². The van der Waals surface area contributed by atoms with Gasteiger partial charge in [0.15, 0.2) is 9.84 Å². The molecule has 5 heteroatoms. The van der Waals surface area contributed by atoms with Crippen LogP contribution < -0.4 is 0 Å². The molecule has 16 heavy (non-hydrogen) atoms. The Morgan fingerprint density at radius 3 is 2.31 bits per heavy atom. The first-order chi connectivity index (χ1) is 7.48. The number of aromatic amines is 1. The fraction of sp³-hybridized carbons (Fsp3) is 0.0909. The molecule has 0 amide bonds. The van der Waals surface area contributed by atoms with E-state index in [4.69, 9.17) is 0 Å². The highest BCUT2D eigenvalue weighted by atomic mass is 79.9. The molecule has 0 spiro atoms. The van der Waals surface area contributed by atoms with Crippen molar-refractivity contribution in [3.63, 3.8) is 0 Å². The Balaban J connectivity index is 2.58. The summed E-state index contributed by atoms with van der Waals surface area (Å²) in [7, 11) is -3.19. The highest BCUT2D eigenvalue weighted by Crippen LogP contribution is 2.26. The molecule has 2 aromatic rings. The SMILES string of the molecule is CS(=O)(=O)c1cc[nH]c1-c1ccc(Br)cc1. The van der Waals surface area contributed by atoms with E-state index < -0.39 is 9.84 Å². The molecule has 0 radical (unpaired) electrons. The first kappa shape index (κ1) is 11.4. The lowest BCUT2D eigenvalue weighted by Gasteiger charge is -2.02. The minimum atomic E-state index is -3.19. The molecule has 0 unspecified atom stereocenters. The van der Waals surface area contributed by atoms with Gasteiger partial charge in [-0.3, -0.25) is 0 Å². The molecular weight excluding hydrogens is 290 g/mol. The second-order valence-corrected chi connectivity index (χ2v) is 6.40. The summed E-state index contributed by atoms with van der Waals surface area (Å²) in [5, 5.41) is 0. The summed E-state index contributed by atoms with van der Waals surface area (Å²) in [6.45, 7) is 0. The fourth-order valence-electron chi connectivity index (χ4n) is 1.51. The van der Waals surface area contributed by atoms with Crippen molar-refractivity contribution in [3.05, 3.63) is 41.0 Å². The van der Waals surface area contributed by atoms with E-state index in [0.717, 1.165) is 10.0 Å². The Morgan fingerprint density at radius 1 is 1.12 bits per heavy atom. The molecule has 0 aliphatic rings. The van der Waals surface area contributed by atoms with Crippen molar-refractivity contribution in [1.29, 1.82) is 0 Å². The smallest absolute Gasteiger partial charge is 0.177 e. The Hall–Kier alpha value is -1.07. The Bertz CT molecular complexity index is 599. The van der Waals surface area contributed by atoms with Crippen molar-refractivity contribution in [2.24, 2.45) is 0 Å². The molecule has 0 bridgehead atoms. The highest BCUT2D eigenvalue weighted by Gasteiger charge is 2.15. The van der Waals surface area contributed by atoms with E-state index in [1.165, 1.54) is 6.26 Å². The standard InChI is InChI=1S/C11H10BrNO2S/c1-16(14,15)10-6-7-13-11(10)8-2-4-9(12)5-3-8/h2-7,13H,1H3. The van der Waals surface area contributed by atoms with Gasteiger partial charge < -0.3 is 4.98 Å². The second kappa shape index (κ2) is 4.07. The van der Waals surface area contributed by atoms with Crippen molar-refractivity contribution >= 4 is 25.8 Å². The number of hydrogen-bond donors (Lipinski definition) is 1. The lowest BCUT2D eigenvalue weighted by atomic mass is 10.2. The molecule has 0 saturated carbocycles. The molecule has 1 N–H and O–H groups in total. The predicted molar refractivity (Wildman–Crippen MR) is 67.0 cm³/mol. The van der Waals surface area contributed by atoms with Gasteiger partial charge in [0, 0.05) is 16.9 Å². The zero-order valence-corrected chi connectivity index (χ0v) is 11.0. The number of sulfone groups is 1. The zero-order chi connectivity index (χ0) is 11.8. The van der Waals surface area contributed by atoms with Crippen LogP contribution in [0.4, 0.5) is 0 Å². The van der Waals surface area contributed by atoms with E-state index in [1.807, 2.05) is 24.3 Å². The van der Waals surface area contributed by atoms with Crippen LogP contribution in [0.5, 0.6) is 0 Å². The maximum atomic E-state index is 11.5. The summed E-state index contributed by atoms with van der Waals surface area (Å²) in [6, 6.07) is 9.06. The topological polar surface area (TPSA) is 49.9 Å². The van der Waals surface area contributed by atoms with Crippen molar-refractivity contribution < 1.29 is 8.42 Å². The van der Waals surface area contributed by atoms with Crippen molar-refractivity contribution in [1.82, 2.24) is 4.98 Å². The molecule has 0 atom stereocenters. The Labute approximate surface area is 103 Å². The minimum absolute atomic E-state index is 0.329. The summed E-state index contributed by atoms with van der Waals surface area (Å²) < 4.78 is 24.0. The summed E-state index contributed by atoms with van der Waals surface area (Å²) in [6.07, 6.45) is 2.84. The average molecular weight is 300 g/mol. The second-order valence-electron chi connectivity index (χ2n) is 3.50. The predicted octanol–water partition coefficient (Wildman–Crippen LogP) is 2.85. The van der Waals surface area contributed by atoms with Crippen LogP contribution in [0.15, 0.2) is 45.9 Å². The highest BCUT2D eigenvalue weighted by molar-refractivity contribution is 9.10. The van der Waals surface area contributed by atoms with Crippen LogP contribution in [-0.4, -0.2) is 19.7 Å². The quantitative estimate of drug-likeness (QED) is 0.927. The van der Waals surface area contributed by atoms with E-state index in [2.05, 4.69) is 20.9 Å². The van der Waals surface area contributed by atoms with Crippen molar-refractivity contribution in [2.45, 2.75) is 4.90 Å². The van der Waals surface area contributed by atoms with Gasteiger partial charge in [0.05, 0.1) is 10.6 Å². The summed E-state index contributed by atoms with van der Waals surface area (Å²) >= 11 is 3.34. The van der Waals surface area contributed by atoms with E-state index in [0.29, 0.717) is 10.6 Å². The summed E-state index contributed by atoms with van der Waals surface area (Å²) in [5.41, 5.74) is 1.49. The van der Waals surface area contributed by atoms with Gasteiger partial charge in [-0.15, -0.1) is 0 Å². The third-order valence-corrected chi connectivity index (χ3v) is 3.91. The number of benzene rings is 1. The van der Waals surface area contributed by atoms with Gasteiger partial charge in [-0.1, -0.05) is 28.1 Å². The Morgan fingerprint density at radius 2 is 1.75 bits per heavy atom. The molecule has 1 aromatic heterocycles. The van der Waals surface area contributed by atoms with Crippen LogP contribution in [0.2, 0.25) is 0 Å². The third-order valence-electron chi connectivity index (χ3n) is 2.24. The first-order valence-corrected chi connectivity index (χ1v) is 7.30. The first-order valence-electron chi connectivity index (χ1n) is 4.62. The van der Waals surface area contributed by atoms with Crippen LogP contribution in [0.3, 0.4) is 0 Å².